The summed E-state index contributed by atoms with van der Waals surface area (Å²) < 4.78 is 5.48. The molecule has 94 valence electrons. The van der Waals surface area contributed by atoms with E-state index in [1.165, 1.54) is 12.1 Å². The molecule has 1 aromatic heterocycles. The maximum absolute atomic E-state index is 10.9. The van der Waals surface area contributed by atoms with Crippen LogP contribution in [0.3, 0.4) is 0 Å². The minimum absolute atomic E-state index is 0.189. The molecule has 0 radical (unpaired) electrons. The van der Waals surface area contributed by atoms with Gasteiger partial charge in [-0.2, -0.15) is 0 Å². The predicted molar refractivity (Wildman–Crippen MR) is 69.3 cm³/mol. The van der Waals surface area contributed by atoms with E-state index in [1.807, 2.05) is 19.1 Å². The van der Waals surface area contributed by atoms with Crippen molar-refractivity contribution in [3.8, 4) is 0 Å². The molecular formula is C13H14N2O3. The quantitative estimate of drug-likeness (QED) is 0.814. The Morgan fingerprint density at radius 1 is 1.33 bits per heavy atom. The van der Waals surface area contributed by atoms with E-state index in [4.69, 9.17) is 15.3 Å². The first-order valence-electron chi connectivity index (χ1n) is 5.42. The van der Waals surface area contributed by atoms with E-state index in [2.05, 4.69) is 0 Å². The van der Waals surface area contributed by atoms with Crippen LogP contribution in [0, 0.1) is 6.92 Å². The molecule has 0 aliphatic heterocycles. The molecule has 0 aliphatic rings. The zero-order chi connectivity index (χ0) is 13.3. The number of aryl methyl sites for hydroxylation is 1. The third-order valence-corrected chi connectivity index (χ3v) is 2.70. The second-order valence-electron chi connectivity index (χ2n) is 4.02. The lowest BCUT2D eigenvalue weighted by atomic mass is 10.1. The Morgan fingerprint density at radius 2 is 2.06 bits per heavy atom. The van der Waals surface area contributed by atoms with Crippen molar-refractivity contribution >= 4 is 23.2 Å². The van der Waals surface area contributed by atoms with Crippen LogP contribution in [0.5, 0.6) is 0 Å². The van der Waals surface area contributed by atoms with Gasteiger partial charge >= 0.3 is 5.97 Å². The summed E-state index contributed by atoms with van der Waals surface area (Å²) in [6.45, 7) is 1.84. The van der Waals surface area contributed by atoms with Crippen LogP contribution in [0.1, 0.15) is 16.1 Å². The molecule has 0 saturated carbocycles. The van der Waals surface area contributed by atoms with E-state index in [9.17, 15) is 4.79 Å². The first kappa shape index (κ1) is 12.0. The third kappa shape index (κ3) is 2.15. The molecule has 1 aromatic carbocycles. The van der Waals surface area contributed by atoms with E-state index in [0.717, 1.165) is 5.76 Å². The van der Waals surface area contributed by atoms with Crippen molar-refractivity contribution in [2.75, 3.05) is 17.7 Å². The van der Waals surface area contributed by atoms with Crippen LogP contribution in [0.4, 0.5) is 17.3 Å². The highest BCUT2D eigenvalue weighted by molar-refractivity contribution is 5.91. The van der Waals surface area contributed by atoms with Crippen LogP contribution >= 0.6 is 0 Å². The smallest absolute Gasteiger partial charge is 0.335 e. The highest BCUT2D eigenvalue weighted by Gasteiger charge is 2.13. The predicted octanol–water partition coefficient (Wildman–Crippen LogP) is 2.64. The van der Waals surface area contributed by atoms with Gasteiger partial charge in [0.25, 0.3) is 0 Å². The highest BCUT2D eigenvalue weighted by Crippen LogP contribution is 2.30. The van der Waals surface area contributed by atoms with E-state index in [0.29, 0.717) is 17.3 Å². The molecule has 0 bridgehead atoms. The lowest BCUT2D eigenvalue weighted by molar-refractivity contribution is 0.0697. The highest BCUT2D eigenvalue weighted by atomic mass is 16.4. The number of carboxylic acids is 1. The lowest BCUT2D eigenvalue weighted by Gasteiger charge is -2.18. The van der Waals surface area contributed by atoms with Crippen molar-refractivity contribution in [3.05, 3.63) is 41.7 Å². The van der Waals surface area contributed by atoms with Gasteiger partial charge in [0, 0.05) is 13.1 Å². The fourth-order valence-electron chi connectivity index (χ4n) is 1.69. The van der Waals surface area contributed by atoms with Crippen LogP contribution in [-0.2, 0) is 0 Å². The molecular weight excluding hydrogens is 232 g/mol. The molecule has 0 aliphatic carbocycles. The summed E-state index contributed by atoms with van der Waals surface area (Å²) in [6, 6.07) is 8.22. The standard InChI is InChI=1S/C13H14N2O3/c1-8-3-6-12(18-8)15(2)11-7-9(13(16)17)4-5-10(11)14/h3-7H,14H2,1-2H3,(H,16,17). The average molecular weight is 246 g/mol. The second kappa shape index (κ2) is 4.44. The summed E-state index contributed by atoms with van der Waals surface area (Å²) in [5, 5.41) is 8.97. The van der Waals surface area contributed by atoms with Gasteiger partial charge in [-0.1, -0.05) is 0 Å². The van der Waals surface area contributed by atoms with Crippen LogP contribution in [0.15, 0.2) is 34.7 Å². The summed E-state index contributed by atoms with van der Waals surface area (Å²) in [5.41, 5.74) is 7.15. The molecule has 5 nitrogen and oxygen atoms in total. The van der Waals surface area contributed by atoms with Gasteiger partial charge in [0.15, 0.2) is 5.88 Å². The molecule has 5 heteroatoms. The number of hydrogen-bond donors (Lipinski definition) is 2. The van der Waals surface area contributed by atoms with Crippen LogP contribution < -0.4 is 10.6 Å². The second-order valence-corrected chi connectivity index (χ2v) is 4.02. The number of anilines is 3. The first-order chi connectivity index (χ1) is 8.49. The number of nitrogens with zero attached hydrogens (tertiary/aromatic N) is 1. The fraction of sp³-hybridized carbons (Fsp3) is 0.154. The van der Waals surface area contributed by atoms with E-state index < -0.39 is 5.97 Å². The summed E-state index contributed by atoms with van der Waals surface area (Å²) in [5.74, 6) is 0.409. The third-order valence-electron chi connectivity index (χ3n) is 2.70. The van der Waals surface area contributed by atoms with E-state index in [-0.39, 0.29) is 5.56 Å². The molecule has 2 rings (SSSR count). The molecule has 0 unspecified atom stereocenters. The minimum atomic E-state index is -0.986. The maximum atomic E-state index is 10.9. The van der Waals surface area contributed by atoms with Crippen LogP contribution in [-0.4, -0.2) is 18.1 Å². The summed E-state index contributed by atoms with van der Waals surface area (Å²) in [6.07, 6.45) is 0. The van der Waals surface area contributed by atoms with Gasteiger partial charge in [-0.25, -0.2) is 4.79 Å². The normalized spacial score (nSPS) is 10.3. The molecule has 3 N–H and O–H groups in total. The zero-order valence-electron chi connectivity index (χ0n) is 10.2. The maximum Gasteiger partial charge on any atom is 0.335 e. The number of aromatic carboxylic acids is 1. The van der Waals surface area contributed by atoms with Crippen molar-refractivity contribution in [2.45, 2.75) is 6.92 Å². The number of hydrogen-bond acceptors (Lipinski definition) is 4. The zero-order valence-corrected chi connectivity index (χ0v) is 10.2. The van der Waals surface area contributed by atoms with Crippen molar-refractivity contribution in [1.29, 1.82) is 0 Å². The molecule has 18 heavy (non-hydrogen) atoms. The Hall–Kier alpha value is -2.43. The van der Waals surface area contributed by atoms with E-state index in [1.54, 1.807) is 18.0 Å². The topological polar surface area (TPSA) is 79.7 Å². The van der Waals surface area contributed by atoms with Crippen molar-refractivity contribution in [3.63, 3.8) is 0 Å². The van der Waals surface area contributed by atoms with Crippen molar-refractivity contribution < 1.29 is 14.3 Å². The Labute approximate surface area is 104 Å². The van der Waals surface area contributed by atoms with Gasteiger partial charge in [0.05, 0.1) is 16.9 Å². The number of nitrogen functional groups attached to an aromatic ring is 1. The molecule has 1 heterocycles. The number of carbonyl (C=O) groups is 1. The molecule has 0 saturated heterocycles. The first-order valence-corrected chi connectivity index (χ1v) is 5.42. The van der Waals surface area contributed by atoms with Gasteiger partial charge in [-0.3, -0.25) is 0 Å². The van der Waals surface area contributed by atoms with Gasteiger partial charge in [0.1, 0.15) is 5.76 Å². The monoisotopic (exact) mass is 246 g/mol. The Morgan fingerprint density at radius 3 is 2.61 bits per heavy atom. The largest absolute Gasteiger partial charge is 0.478 e. The minimum Gasteiger partial charge on any atom is -0.478 e. The molecule has 0 atom stereocenters. The Kier molecular flexibility index (Phi) is 2.97. The van der Waals surface area contributed by atoms with Gasteiger partial charge in [-0.15, -0.1) is 0 Å². The number of nitrogens with two attached hydrogens (primary N) is 1. The SMILES string of the molecule is Cc1ccc(N(C)c2cc(C(=O)O)ccc2N)o1. The summed E-state index contributed by atoms with van der Waals surface area (Å²) in [7, 11) is 1.77. The molecule has 0 fully saturated rings. The fourth-order valence-corrected chi connectivity index (χ4v) is 1.69. The van der Waals surface area contributed by atoms with Crippen molar-refractivity contribution in [2.24, 2.45) is 0 Å². The molecule has 0 amide bonds. The summed E-state index contributed by atoms with van der Waals surface area (Å²) >= 11 is 0. The lowest BCUT2D eigenvalue weighted by Crippen LogP contribution is -2.12. The van der Waals surface area contributed by atoms with Crippen LogP contribution in [0.2, 0.25) is 0 Å². The molecule has 2 aromatic rings. The average Bonchev–Trinajstić information content (AvgIpc) is 2.75. The van der Waals surface area contributed by atoms with Gasteiger partial charge < -0.3 is 20.2 Å². The Balaban J connectivity index is 2.43. The van der Waals surface area contributed by atoms with Gasteiger partial charge in [-0.05, 0) is 31.2 Å². The van der Waals surface area contributed by atoms with E-state index >= 15 is 0 Å². The number of rotatable bonds is 3. The molecule has 0 spiro atoms. The number of furan rings is 1. The number of benzene rings is 1. The van der Waals surface area contributed by atoms with Gasteiger partial charge in [0.2, 0.25) is 0 Å². The van der Waals surface area contributed by atoms with Crippen molar-refractivity contribution in [1.82, 2.24) is 0 Å². The number of carboxylic acid groups (broad SMARTS) is 1. The Bertz CT molecular complexity index is 590. The summed E-state index contributed by atoms with van der Waals surface area (Å²) in [4.78, 5) is 12.7. The van der Waals surface area contributed by atoms with Crippen LogP contribution in [0.25, 0.3) is 0 Å².